The van der Waals surface area contributed by atoms with Gasteiger partial charge in [-0.3, -0.25) is 4.79 Å². The number of alkyl halides is 3. The van der Waals surface area contributed by atoms with Crippen molar-refractivity contribution >= 4 is 5.91 Å². The molecule has 1 aromatic rings. The van der Waals surface area contributed by atoms with E-state index in [-0.39, 0.29) is 17.5 Å². The summed E-state index contributed by atoms with van der Waals surface area (Å²) < 4.78 is 38.8. The van der Waals surface area contributed by atoms with Gasteiger partial charge in [0.2, 0.25) is 0 Å². The fraction of sp³-hybridized carbons (Fsp3) is 0.500. The van der Waals surface area contributed by atoms with Gasteiger partial charge in [-0.05, 0) is 24.5 Å². The topological polar surface area (TPSA) is 46.3 Å². The molecule has 0 bridgehead atoms. The van der Waals surface area contributed by atoms with Gasteiger partial charge in [0, 0.05) is 19.1 Å². The molecule has 0 aromatic heterocycles. The van der Waals surface area contributed by atoms with Crippen molar-refractivity contribution in [1.29, 1.82) is 0 Å². The second kappa shape index (κ2) is 5.44. The molecule has 1 aliphatic heterocycles. The monoisotopic (exact) mass is 286 g/mol. The molecule has 20 heavy (non-hydrogen) atoms. The summed E-state index contributed by atoms with van der Waals surface area (Å²) in [6.45, 7) is 2.70. The zero-order valence-electron chi connectivity index (χ0n) is 11.2. The van der Waals surface area contributed by atoms with Crippen LogP contribution in [0.2, 0.25) is 0 Å². The number of likely N-dealkylation sites (tertiary alicyclic amines) is 1. The summed E-state index contributed by atoms with van der Waals surface area (Å²) in [7, 11) is 0. The van der Waals surface area contributed by atoms with Crippen LogP contribution in [0.15, 0.2) is 24.3 Å². The number of nitrogens with two attached hydrogens (primary N) is 1. The van der Waals surface area contributed by atoms with Crippen molar-refractivity contribution in [2.45, 2.75) is 25.6 Å². The first-order chi connectivity index (χ1) is 9.30. The van der Waals surface area contributed by atoms with Gasteiger partial charge in [0.1, 0.15) is 0 Å². The molecule has 2 N–H and O–H groups in total. The minimum Gasteiger partial charge on any atom is -0.338 e. The number of rotatable bonds is 1. The average molecular weight is 286 g/mol. The number of carbonyl (C=O) groups is 1. The van der Waals surface area contributed by atoms with Crippen molar-refractivity contribution in [3.63, 3.8) is 0 Å². The second-order valence-corrected chi connectivity index (χ2v) is 5.22. The van der Waals surface area contributed by atoms with E-state index in [1.807, 2.05) is 6.92 Å². The number of benzene rings is 1. The first-order valence-corrected chi connectivity index (χ1v) is 6.51. The van der Waals surface area contributed by atoms with Gasteiger partial charge >= 0.3 is 6.18 Å². The molecule has 0 spiro atoms. The lowest BCUT2D eigenvalue weighted by molar-refractivity contribution is -0.138. The van der Waals surface area contributed by atoms with Crippen LogP contribution >= 0.6 is 0 Å². The zero-order chi connectivity index (χ0) is 14.9. The number of piperidine rings is 1. The summed E-state index contributed by atoms with van der Waals surface area (Å²) in [5, 5.41) is 0. The van der Waals surface area contributed by atoms with Gasteiger partial charge in [-0.15, -0.1) is 0 Å². The molecule has 1 saturated heterocycles. The Morgan fingerprint density at radius 3 is 2.60 bits per heavy atom. The van der Waals surface area contributed by atoms with Crippen molar-refractivity contribution in [2.24, 2.45) is 11.7 Å². The maximum atomic E-state index is 12.9. The molecule has 0 saturated carbocycles. The lowest BCUT2D eigenvalue weighted by Crippen LogP contribution is -2.48. The van der Waals surface area contributed by atoms with Crippen molar-refractivity contribution in [2.75, 3.05) is 13.1 Å². The van der Waals surface area contributed by atoms with Crippen LogP contribution in [0.25, 0.3) is 0 Å². The van der Waals surface area contributed by atoms with Crippen molar-refractivity contribution in [3.05, 3.63) is 35.4 Å². The summed E-state index contributed by atoms with van der Waals surface area (Å²) in [6.07, 6.45) is -3.91. The van der Waals surface area contributed by atoms with Crippen molar-refractivity contribution in [3.8, 4) is 0 Å². The minimum atomic E-state index is -4.52. The van der Waals surface area contributed by atoms with Crippen LogP contribution in [0.3, 0.4) is 0 Å². The van der Waals surface area contributed by atoms with Gasteiger partial charge in [0.25, 0.3) is 5.91 Å². The maximum absolute atomic E-state index is 12.9. The smallest absolute Gasteiger partial charge is 0.338 e. The Kier molecular flexibility index (Phi) is 4.04. The van der Waals surface area contributed by atoms with E-state index in [1.165, 1.54) is 23.1 Å². The molecule has 0 radical (unpaired) electrons. The molecule has 1 amide bonds. The fourth-order valence-corrected chi connectivity index (χ4v) is 2.44. The van der Waals surface area contributed by atoms with Crippen molar-refractivity contribution in [1.82, 2.24) is 4.90 Å². The van der Waals surface area contributed by atoms with E-state index in [2.05, 4.69) is 0 Å². The summed E-state index contributed by atoms with van der Waals surface area (Å²) in [5.74, 6) is -0.484. The molecule has 2 atom stereocenters. The van der Waals surface area contributed by atoms with E-state index < -0.39 is 17.6 Å². The third-order valence-corrected chi connectivity index (χ3v) is 3.72. The maximum Gasteiger partial charge on any atom is 0.417 e. The van der Waals surface area contributed by atoms with E-state index >= 15 is 0 Å². The van der Waals surface area contributed by atoms with E-state index in [0.29, 0.717) is 19.5 Å². The Bertz CT molecular complexity index is 501. The quantitative estimate of drug-likeness (QED) is 0.862. The average Bonchev–Trinajstić information content (AvgIpc) is 2.40. The number of amides is 1. The van der Waals surface area contributed by atoms with Crippen molar-refractivity contribution < 1.29 is 18.0 Å². The molecule has 1 aliphatic rings. The van der Waals surface area contributed by atoms with Crippen LogP contribution in [-0.4, -0.2) is 29.9 Å². The Hall–Kier alpha value is -1.56. The third-order valence-electron chi connectivity index (χ3n) is 3.72. The van der Waals surface area contributed by atoms with E-state index in [1.54, 1.807) is 0 Å². The fourth-order valence-electron chi connectivity index (χ4n) is 2.44. The SMILES string of the molecule is CC1CN(C(=O)c2ccccc2C(F)(F)F)CCC1N. The molecule has 2 unspecified atom stereocenters. The molecule has 6 heteroatoms. The molecule has 2 rings (SSSR count). The molecule has 3 nitrogen and oxygen atoms in total. The van der Waals surface area contributed by atoms with Gasteiger partial charge < -0.3 is 10.6 Å². The number of hydrogen-bond acceptors (Lipinski definition) is 2. The van der Waals surface area contributed by atoms with Gasteiger partial charge in [-0.1, -0.05) is 19.1 Å². The van der Waals surface area contributed by atoms with Gasteiger partial charge in [-0.25, -0.2) is 0 Å². The summed E-state index contributed by atoms with van der Waals surface area (Å²) in [5.41, 5.74) is 4.69. The minimum absolute atomic E-state index is 0.00286. The predicted molar refractivity (Wildman–Crippen MR) is 69.1 cm³/mol. The second-order valence-electron chi connectivity index (χ2n) is 5.22. The van der Waals surface area contributed by atoms with E-state index in [0.717, 1.165) is 6.07 Å². The van der Waals surface area contributed by atoms with Crippen LogP contribution in [0.5, 0.6) is 0 Å². The standard InChI is InChI=1S/C14H17F3N2O/c1-9-8-19(7-6-12(9)18)13(20)10-4-2-3-5-11(10)14(15,16)17/h2-5,9,12H,6-8,18H2,1H3. The lowest BCUT2D eigenvalue weighted by Gasteiger charge is -2.35. The molecule has 0 aliphatic carbocycles. The Morgan fingerprint density at radius 2 is 2.00 bits per heavy atom. The molecule has 110 valence electrons. The largest absolute Gasteiger partial charge is 0.417 e. The van der Waals surface area contributed by atoms with Gasteiger partial charge in [0.05, 0.1) is 11.1 Å². The first-order valence-electron chi connectivity index (χ1n) is 6.51. The molecule has 1 heterocycles. The van der Waals surface area contributed by atoms with E-state index in [9.17, 15) is 18.0 Å². The van der Waals surface area contributed by atoms with Crippen LogP contribution in [0.1, 0.15) is 29.3 Å². The molecule has 1 fully saturated rings. The van der Waals surface area contributed by atoms with Gasteiger partial charge in [0.15, 0.2) is 0 Å². The molecular weight excluding hydrogens is 269 g/mol. The normalized spacial score (nSPS) is 23.8. The molecule has 1 aromatic carbocycles. The Morgan fingerprint density at radius 1 is 1.35 bits per heavy atom. The molecular formula is C14H17F3N2O. The summed E-state index contributed by atoms with van der Waals surface area (Å²) in [6, 6.07) is 4.89. The van der Waals surface area contributed by atoms with Crippen LogP contribution in [-0.2, 0) is 6.18 Å². The number of carbonyl (C=O) groups excluding carboxylic acids is 1. The zero-order valence-corrected chi connectivity index (χ0v) is 11.2. The lowest BCUT2D eigenvalue weighted by atomic mass is 9.94. The highest BCUT2D eigenvalue weighted by Gasteiger charge is 2.36. The highest BCUT2D eigenvalue weighted by molar-refractivity contribution is 5.96. The highest BCUT2D eigenvalue weighted by atomic mass is 19.4. The summed E-state index contributed by atoms with van der Waals surface area (Å²) >= 11 is 0. The van der Waals surface area contributed by atoms with Crippen LogP contribution in [0.4, 0.5) is 13.2 Å². The number of nitrogens with zero attached hydrogens (tertiary/aromatic N) is 1. The van der Waals surface area contributed by atoms with E-state index in [4.69, 9.17) is 5.73 Å². The van der Waals surface area contributed by atoms with Gasteiger partial charge in [-0.2, -0.15) is 13.2 Å². The Labute approximate surface area is 115 Å². The summed E-state index contributed by atoms with van der Waals surface area (Å²) in [4.78, 5) is 13.8. The number of halogens is 3. The van der Waals surface area contributed by atoms with Crippen LogP contribution in [0, 0.1) is 5.92 Å². The number of hydrogen-bond donors (Lipinski definition) is 1. The third kappa shape index (κ3) is 2.95. The first kappa shape index (κ1) is 14.8. The predicted octanol–water partition coefficient (Wildman–Crippen LogP) is 2.51. The van der Waals surface area contributed by atoms with Crippen LogP contribution < -0.4 is 5.73 Å². The highest BCUT2D eigenvalue weighted by Crippen LogP contribution is 2.32. The Balaban J connectivity index is 2.26.